The van der Waals surface area contributed by atoms with E-state index in [2.05, 4.69) is 23.6 Å². The summed E-state index contributed by atoms with van der Waals surface area (Å²) < 4.78 is 0. The molecular weight excluding hydrogens is 428 g/mol. The SMILES string of the molecule is CCCN(CC(=O)N1CCc2sccc2C1c1ccccc1)C(=O)c1cccc(Cl)c1. The predicted molar refractivity (Wildman–Crippen MR) is 126 cm³/mol. The molecule has 2 heterocycles. The van der Waals surface area contributed by atoms with E-state index in [-0.39, 0.29) is 24.4 Å². The lowest BCUT2D eigenvalue weighted by Gasteiger charge is -2.37. The van der Waals surface area contributed by atoms with E-state index in [0.717, 1.165) is 18.4 Å². The van der Waals surface area contributed by atoms with Crippen molar-refractivity contribution in [3.63, 3.8) is 0 Å². The van der Waals surface area contributed by atoms with E-state index >= 15 is 0 Å². The lowest BCUT2D eigenvalue weighted by Crippen LogP contribution is -2.47. The predicted octanol–water partition coefficient (Wildman–Crippen LogP) is 5.43. The van der Waals surface area contributed by atoms with Crippen LogP contribution in [0.15, 0.2) is 66.0 Å². The van der Waals surface area contributed by atoms with Crippen molar-refractivity contribution < 1.29 is 9.59 Å². The van der Waals surface area contributed by atoms with Crippen molar-refractivity contribution in [1.82, 2.24) is 9.80 Å². The number of thiophene rings is 1. The first-order valence-corrected chi connectivity index (χ1v) is 11.8. The molecule has 2 amide bonds. The first-order valence-electron chi connectivity index (χ1n) is 10.5. The number of amides is 2. The second kappa shape index (κ2) is 9.67. The Morgan fingerprint density at radius 3 is 2.68 bits per heavy atom. The Hall–Kier alpha value is -2.63. The molecule has 6 heteroatoms. The molecule has 0 saturated heterocycles. The van der Waals surface area contributed by atoms with Crippen molar-refractivity contribution >= 4 is 34.8 Å². The fraction of sp³-hybridized carbons (Fsp3) is 0.280. The second-order valence-electron chi connectivity index (χ2n) is 7.69. The molecule has 0 spiro atoms. The summed E-state index contributed by atoms with van der Waals surface area (Å²) in [6.07, 6.45) is 1.62. The molecule has 160 valence electrons. The minimum atomic E-state index is -0.165. The highest BCUT2D eigenvalue weighted by Gasteiger charge is 2.33. The van der Waals surface area contributed by atoms with E-state index in [0.29, 0.717) is 23.7 Å². The van der Waals surface area contributed by atoms with Gasteiger partial charge < -0.3 is 9.80 Å². The number of rotatable bonds is 6. The van der Waals surface area contributed by atoms with Crippen molar-refractivity contribution in [2.24, 2.45) is 0 Å². The lowest BCUT2D eigenvalue weighted by molar-refractivity contribution is -0.134. The number of carbonyl (C=O) groups is 2. The molecule has 0 N–H and O–H groups in total. The molecule has 1 aromatic heterocycles. The van der Waals surface area contributed by atoms with Gasteiger partial charge in [-0.2, -0.15) is 0 Å². The number of fused-ring (bicyclic) bond motifs is 1. The summed E-state index contributed by atoms with van der Waals surface area (Å²) in [5.74, 6) is -0.197. The van der Waals surface area contributed by atoms with Crippen LogP contribution in [0.2, 0.25) is 5.02 Å². The van der Waals surface area contributed by atoms with Crippen LogP contribution in [0, 0.1) is 0 Å². The van der Waals surface area contributed by atoms with Crippen LogP contribution in [-0.2, 0) is 11.2 Å². The Morgan fingerprint density at radius 2 is 1.94 bits per heavy atom. The largest absolute Gasteiger partial charge is 0.330 e. The fourth-order valence-electron chi connectivity index (χ4n) is 4.16. The van der Waals surface area contributed by atoms with Crippen LogP contribution in [0.1, 0.15) is 45.7 Å². The Balaban J connectivity index is 1.60. The molecule has 0 fully saturated rings. The highest BCUT2D eigenvalue weighted by atomic mass is 35.5. The first-order chi connectivity index (χ1) is 15.1. The van der Waals surface area contributed by atoms with Crippen LogP contribution >= 0.6 is 22.9 Å². The topological polar surface area (TPSA) is 40.6 Å². The Kier molecular flexibility index (Phi) is 6.73. The van der Waals surface area contributed by atoms with E-state index < -0.39 is 0 Å². The summed E-state index contributed by atoms with van der Waals surface area (Å²) in [5, 5.41) is 2.61. The molecular formula is C25H25ClN2O2S. The van der Waals surface area contributed by atoms with Crippen LogP contribution < -0.4 is 0 Å². The van der Waals surface area contributed by atoms with Gasteiger partial charge in [0.05, 0.1) is 6.04 Å². The van der Waals surface area contributed by atoms with Crippen LogP contribution in [0.4, 0.5) is 0 Å². The summed E-state index contributed by atoms with van der Waals surface area (Å²) in [6.45, 7) is 3.23. The summed E-state index contributed by atoms with van der Waals surface area (Å²) in [6, 6.07) is 19.0. The molecule has 1 aliphatic heterocycles. The van der Waals surface area contributed by atoms with Gasteiger partial charge in [0, 0.05) is 28.6 Å². The van der Waals surface area contributed by atoms with E-state index in [1.165, 1.54) is 10.4 Å². The van der Waals surface area contributed by atoms with Crippen molar-refractivity contribution in [3.8, 4) is 0 Å². The zero-order valence-electron chi connectivity index (χ0n) is 17.5. The highest BCUT2D eigenvalue weighted by molar-refractivity contribution is 7.10. The highest BCUT2D eigenvalue weighted by Crippen LogP contribution is 2.37. The third-order valence-electron chi connectivity index (χ3n) is 5.58. The van der Waals surface area contributed by atoms with Crippen molar-refractivity contribution in [2.75, 3.05) is 19.6 Å². The van der Waals surface area contributed by atoms with Gasteiger partial charge in [-0.15, -0.1) is 11.3 Å². The van der Waals surface area contributed by atoms with Gasteiger partial charge in [0.1, 0.15) is 6.54 Å². The van der Waals surface area contributed by atoms with Crippen LogP contribution in [0.3, 0.4) is 0 Å². The molecule has 0 aliphatic carbocycles. The van der Waals surface area contributed by atoms with Gasteiger partial charge in [-0.1, -0.05) is 54.9 Å². The standard InChI is InChI=1S/C25H25ClN2O2S/c1-2-13-27(25(30)19-9-6-10-20(26)16-19)17-23(29)28-14-11-22-21(12-15-31-22)24(28)18-7-4-3-5-8-18/h3-10,12,15-16,24H,2,11,13-14,17H2,1H3. The van der Waals surface area contributed by atoms with Gasteiger partial charge in [0.2, 0.25) is 5.91 Å². The molecule has 31 heavy (non-hydrogen) atoms. The second-order valence-corrected chi connectivity index (χ2v) is 9.12. The van der Waals surface area contributed by atoms with E-state index in [1.54, 1.807) is 40.5 Å². The molecule has 1 aliphatic rings. The molecule has 0 saturated carbocycles. The maximum absolute atomic E-state index is 13.5. The number of carbonyl (C=O) groups excluding carboxylic acids is 2. The Labute approximate surface area is 192 Å². The monoisotopic (exact) mass is 452 g/mol. The minimum absolute atomic E-state index is 0.0328. The van der Waals surface area contributed by atoms with Gasteiger partial charge in [-0.3, -0.25) is 9.59 Å². The van der Waals surface area contributed by atoms with Gasteiger partial charge in [-0.05, 0) is 53.6 Å². The maximum atomic E-state index is 13.5. The summed E-state index contributed by atoms with van der Waals surface area (Å²) in [4.78, 5) is 31.5. The summed E-state index contributed by atoms with van der Waals surface area (Å²) in [5.41, 5.74) is 2.80. The van der Waals surface area contributed by atoms with Gasteiger partial charge in [-0.25, -0.2) is 0 Å². The average molecular weight is 453 g/mol. The summed E-state index contributed by atoms with van der Waals surface area (Å²) >= 11 is 7.83. The smallest absolute Gasteiger partial charge is 0.254 e. The third kappa shape index (κ3) is 4.68. The molecule has 1 unspecified atom stereocenters. The quantitative estimate of drug-likeness (QED) is 0.500. The molecule has 0 bridgehead atoms. The molecule has 3 aromatic rings. The van der Waals surface area contributed by atoms with Crippen LogP contribution in [0.5, 0.6) is 0 Å². The van der Waals surface area contributed by atoms with Crippen molar-refractivity contribution in [1.29, 1.82) is 0 Å². The van der Waals surface area contributed by atoms with Crippen LogP contribution in [-0.4, -0.2) is 41.2 Å². The van der Waals surface area contributed by atoms with E-state index in [4.69, 9.17) is 11.6 Å². The molecule has 2 aromatic carbocycles. The number of nitrogens with zero attached hydrogens (tertiary/aromatic N) is 2. The Bertz CT molecular complexity index is 1070. The maximum Gasteiger partial charge on any atom is 0.254 e. The number of hydrogen-bond donors (Lipinski definition) is 0. The van der Waals surface area contributed by atoms with Crippen molar-refractivity contribution in [2.45, 2.75) is 25.8 Å². The Morgan fingerprint density at radius 1 is 1.13 bits per heavy atom. The zero-order chi connectivity index (χ0) is 21.8. The first kappa shape index (κ1) is 21.6. The van der Waals surface area contributed by atoms with Gasteiger partial charge >= 0.3 is 0 Å². The molecule has 4 rings (SSSR count). The van der Waals surface area contributed by atoms with Gasteiger partial charge in [0.25, 0.3) is 5.91 Å². The normalized spacial score (nSPS) is 15.4. The number of halogens is 1. The van der Waals surface area contributed by atoms with E-state index in [1.807, 2.05) is 30.0 Å². The van der Waals surface area contributed by atoms with E-state index in [9.17, 15) is 9.59 Å². The summed E-state index contributed by atoms with van der Waals surface area (Å²) in [7, 11) is 0. The zero-order valence-corrected chi connectivity index (χ0v) is 19.0. The lowest BCUT2D eigenvalue weighted by atomic mass is 9.93. The number of hydrogen-bond acceptors (Lipinski definition) is 3. The fourth-order valence-corrected chi connectivity index (χ4v) is 5.25. The van der Waals surface area contributed by atoms with Crippen LogP contribution in [0.25, 0.3) is 0 Å². The van der Waals surface area contributed by atoms with Crippen molar-refractivity contribution in [3.05, 3.63) is 92.6 Å². The third-order valence-corrected chi connectivity index (χ3v) is 6.81. The average Bonchev–Trinajstić information content (AvgIpc) is 3.27. The number of benzene rings is 2. The molecule has 4 nitrogen and oxygen atoms in total. The van der Waals surface area contributed by atoms with Gasteiger partial charge in [0.15, 0.2) is 0 Å². The molecule has 1 atom stereocenters. The molecule has 0 radical (unpaired) electrons. The minimum Gasteiger partial charge on any atom is -0.330 e.